The minimum Gasteiger partial charge on any atom is -0.478 e. The molecule has 7 heteroatoms. The van der Waals surface area contributed by atoms with Crippen molar-refractivity contribution < 1.29 is 14.7 Å². The highest BCUT2D eigenvalue weighted by Gasteiger charge is 2.21. The standard InChI is InChI=1S/C18H17N3O3S/c1-3-15(25-17-13(10-19)8-7-11(2)20-17)16(22)21-14-6-4-5-12(9-14)18(23)24/h4-9,15H,3H2,1-2H3,(H,21,22)(H,23,24). The summed E-state index contributed by atoms with van der Waals surface area (Å²) in [6.07, 6.45) is 0.537. The van der Waals surface area contributed by atoms with Crippen molar-refractivity contribution in [2.45, 2.75) is 30.5 Å². The molecule has 0 aliphatic heterocycles. The monoisotopic (exact) mass is 355 g/mol. The normalized spacial score (nSPS) is 11.4. The van der Waals surface area contributed by atoms with Gasteiger partial charge < -0.3 is 10.4 Å². The molecular formula is C18H17N3O3S. The third-order valence-corrected chi connectivity index (χ3v) is 4.78. The van der Waals surface area contributed by atoms with Gasteiger partial charge in [-0.3, -0.25) is 4.79 Å². The number of benzene rings is 1. The summed E-state index contributed by atoms with van der Waals surface area (Å²) in [7, 11) is 0. The number of thioether (sulfide) groups is 1. The van der Waals surface area contributed by atoms with Gasteiger partial charge in [-0.05, 0) is 43.7 Å². The highest BCUT2D eigenvalue weighted by molar-refractivity contribution is 8.00. The van der Waals surface area contributed by atoms with Crippen LogP contribution in [0.25, 0.3) is 0 Å². The molecule has 0 radical (unpaired) electrons. The summed E-state index contributed by atoms with van der Waals surface area (Å²) in [5, 5.41) is 21.0. The molecule has 25 heavy (non-hydrogen) atoms. The number of rotatable bonds is 6. The van der Waals surface area contributed by atoms with Crippen LogP contribution in [-0.4, -0.2) is 27.2 Å². The number of aromatic carboxylic acids is 1. The minimum atomic E-state index is -1.06. The van der Waals surface area contributed by atoms with Crippen molar-refractivity contribution >= 4 is 29.3 Å². The van der Waals surface area contributed by atoms with Crippen LogP contribution < -0.4 is 5.32 Å². The number of nitrogens with one attached hydrogen (secondary N) is 1. The summed E-state index contributed by atoms with van der Waals surface area (Å²) in [6.45, 7) is 3.69. The lowest BCUT2D eigenvalue weighted by Gasteiger charge is -2.15. The summed E-state index contributed by atoms with van der Waals surface area (Å²) in [5.74, 6) is -1.32. The van der Waals surface area contributed by atoms with E-state index in [0.717, 1.165) is 5.69 Å². The molecule has 1 heterocycles. The van der Waals surface area contributed by atoms with Gasteiger partial charge in [0.15, 0.2) is 0 Å². The van der Waals surface area contributed by atoms with Crippen molar-refractivity contribution in [3.63, 3.8) is 0 Å². The maximum Gasteiger partial charge on any atom is 0.335 e. The predicted octanol–water partition coefficient (Wildman–Crippen LogP) is 3.47. The average molecular weight is 355 g/mol. The average Bonchev–Trinajstić information content (AvgIpc) is 2.59. The first-order valence-corrected chi connectivity index (χ1v) is 8.51. The molecule has 2 rings (SSSR count). The molecular weight excluding hydrogens is 338 g/mol. The Kier molecular flexibility index (Phi) is 6.14. The fourth-order valence-corrected chi connectivity index (χ4v) is 3.16. The van der Waals surface area contributed by atoms with E-state index < -0.39 is 11.2 Å². The fraction of sp³-hybridized carbons (Fsp3) is 0.222. The highest BCUT2D eigenvalue weighted by atomic mass is 32.2. The molecule has 0 saturated heterocycles. The van der Waals surface area contributed by atoms with Crippen LogP contribution in [0.4, 0.5) is 5.69 Å². The molecule has 0 saturated carbocycles. The zero-order valence-electron chi connectivity index (χ0n) is 13.8. The van der Waals surface area contributed by atoms with Gasteiger partial charge in [0.25, 0.3) is 0 Å². The maximum atomic E-state index is 12.5. The third kappa shape index (κ3) is 4.81. The van der Waals surface area contributed by atoms with E-state index in [2.05, 4.69) is 16.4 Å². The Morgan fingerprint density at radius 2 is 2.12 bits per heavy atom. The van der Waals surface area contributed by atoms with E-state index in [1.165, 1.54) is 23.9 Å². The molecule has 1 amide bonds. The van der Waals surface area contributed by atoms with Crippen LogP contribution in [0.2, 0.25) is 0 Å². The van der Waals surface area contributed by atoms with Crippen LogP contribution >= 0.6 is 11.8 Å². The smallest absolute Gasteiger partial charge is 0.335 e. The minimum absolute atomic E-state index is 0.102. The number of carboxylic acid groups (broad SMARTS) is 1. The Bertz CT molecular complexity index is 846. The molecule has 1 aromatic heterocycles. The van der Waals surface area contributed by atoms with Crippen molar-refractivity contribution in [3.8, 4) is 6.07 Å². The zero-order chi connectivity index (χ0) is 18.4. The molecule has 0 bridgehead atoms. The number of pyridine rings is 1. The van der Waals surface area contributed by atoms with Gasteiger partial charge >= 0.3 is 5.97 Å². The Morgan fingerprint density at radius 1 is 1.36 bits per heavy atom. The van der Waals surface area contributed by atoms with E-state index in [1.54, 1.807) is 24.3 Å². The van der Waals surface area contributed by atoms with E-state index in [4.69, 9.17) is 5.11 Å². The van der Waals surface area contributed by atoms with Crippen LogP contribution in [0.5, 0.6) is 0 Å². The number of nitriles is 1. The lowest BCUT2D eigenvalue weighted by Crippen LogP contribution is -2.25. The number of aromatic nitrogens is 1. The van der Waals surface area contributed by atoms with E-state index in [-0.39, 0.29) is 11.5 Å². The number of amides is 1. The quantitative estimate of drug-likeness (QED) is 0.769. The number of anilines is 1. The van der Waals surface area contributed by atoms with Gasteiger partial charge in [0.1, 0.15) is 11.1 Å². The molecule has 1 aromatic carbocycles. The van der Waals surface area contributed by atoms with Crippen LogP contribution in [0.1, 0.15) is 35.0 Å². The van der Waals surface area contributed by atoms with E-state index in [9.17, 15) is 14.9 Å². The maximum absolute atomic E-state index is 12.5. The molecule has 128 valence electrons. The number of carbonyl (C=O) groups is 2. The number of hydrogen-bond acceptors (Lipinski definition) is 5. The number of carbonyl (C=O) groups excluding carboxylic acids is 1. The van der Waals surface area contributed by atoms with Crippen molar-refractivity contribution in [1.82, 2.24) is 4.98 Å². The van der Waals surface area contributed by atoms with Gasteiger partial charge in [-0.2, -0.15) is 5.26 Å². The second-order valence-corrected chi connectivity index (χ2v) is 6.50. The molecule has 2 aromatic rings. The van der Waals surface area contributed by atoms with Crippen molar-refractivity contribution in [3.05, 3.63) is 53.2 Å². The largest absolute Gasteiger partial charge is 0.478 e. The number of aryl methyl sites for hydroxylation is 1. The highest BCUT2D eigenvalue weighted by Crippen LogP contribution is 2.28. The lowest BCUT2D eigenvalue weighted by atomic mass is 10.2. The van der Waals surface area contributed by atoms with Gasteiger partial charge in [0.05, 0.1) is 16.4 Å². The van der Waals surface area contributed by atoms with E-state index in [1.807, 2.05) is 13.8 Å². The first-order chi connectivity index (χ1) is 11.9. The SMILES string of the molecule is CCC(Sc1nc(C)ccc1C#N)C(=O)Nc1cccc(C(=O)O)c1. The molecule has 0 aliphatic carbocycles. The van der Waals surface area contributed by atoms with Crippen molar-refractivity contribution in [2.75, 3.05) is 5.32 Å². The van der Waals surface area contributed by atoms with Gasteiger partial charge in [-0.1, -0.05) is 24.8 Å². The Morgan fingerprint density at radius 3 is 2.76 bits per heavy atom. The molecule has 2 N–H and O–H groups in total. The van der Waals surface area contributed by atoms with Gasteiger partial charge in [-0.25, -0.2) is 9.78 Å². The third-order valence-electron chi connectivity index (χ3n) is 3.41. The molecule has 6 nitrogen and oxygen atoms in total. The fourth-order valence-electron chi connectivity index (χ4n) is 2.12. The Hall–Kier alpha value is -2.85. The van der Waals surface area contributed by atoms with Crippen LogP contribution in [-0.2, 0) is 4.79 Å². The summed E-state index contributed by atoms with van der Waals surface area (Å²) in [4.78, 5) is 27.9. The van der Waals surface area contributed by atoms with Gasteiger partial charge in [0, 0.05) is 11.4 Å². The number of nitrogens with zero attached hydrogens (tertiary/aromatic N) is 2. The lowest BCUT2D eigenvalue weighted by molar-refractivity contribution is -0.115. The first kappa shape index (κ1) is 18.5. The Balaban J connectivity index is 2.17. The summed E-state index contributed by atoms with van der Waals surface area (Å²) >= 11 is 1.23. The molecule has 1 unspecified atom stereocenters. The first-order valence-electron chi connectivity index (χ1n) is 7.63. The summed E-state index contributed by atoms with van der Waals surface area (Å²) < 4.78 is 0. The summed E-state index contributed by atoms with van der Waals surface area (Å²) in [5.41, 5.74) is 1.72. The van der Waals surface area contributed by atoms with E-state index in [0.29, 0.717) is 22.7 Å². The molecule has 0 spiro atoms. The molecule has 1 atom stereocenters. The molecule has 0 fully saturated rings. The number of carboxylic acids is 1. The zero-order valence-corrected chi connectivity index (χ0v) is 14.6. The second-order valence-electron chi connectivity index (χ2n) is 5.31. The summed E-state index contributed by atoms with van der Waals surface area (Å²) in [6, 6.07) is 11.6. The van der Waals surface area contributed by atoms with Crippen LogP contribution in [0, 0.1) is 18.3 Å². The molecule has 0 aliphatic rings. The van der Waals surface area contributed by atoms with E-state index >= 15 is 0 Å². The van der Waals surface area contributed by atoms with Gasteiger partial charge in [0.2, 0.25) is 5.91 Å². The van der Waals surface area contributed by atoms with Crippen LogP contribution in [0.15, 0.2) is 41.4 Å². The van der Waals surface area contributed by atoms with Crippen molar-refractivity contribution in [2.24, 2.45) is 0 Å². The van der Waals surface area contributed by atoms with Crippen molar-refractivity contribution in [1.29, 1.82) is 5.26 Å². The van der Waals surface area contributed by atoms with Gasteiger partial charge in [-0.15, -0.1) is 0 Å². The topological polar surface area (TPSA) is 103 Å². The number of hydrogen-bond donors (Lipinski definition) is 2. The predicted molar refractivity (Wildman–Crippen MR) is 95.7 cm³/mol. The second kappa shape index (κ2) is 8.31. The van der Waals surface area contributed by atoms with Crippen LogP contribution in [0.3, 0.4) is 0 Å². The Labute approximate surface area is 149 Å².